The average Bonchev–Trinajstić information content (AvgIpc) is 2.64. The van der Waals surface area contributed by atoms with Crippen molar-refractivity contribution >= 4 is 34.5 Å². The van der Waals surface area contributed by atoms with Crippen LogP contribution in [0, 0.1) is 6.92 Å². The van der Waals surface area contributed by atoms with Crippen molar-refractivity contribution in [3.63, 3.8) is 0 Å². The Kier molecular flexibility index (Phi) is 7.77. The quantitative estimate of drug-likeness (QED) is 0.578. The molecule has 2 aromatic rings. The van der Waals surface area contributed by atoms with Crippen LogP contribution in [0.4, 0.5) is 17.2 Å². The number of ether oxygens (including phenoxy) is 1. The Hall–Kier alpha value is -2.65. The van der Waals surface area contributed by atoms with E-state index in [4.69, 9.17) is 22.7 Å². The molecule has 0 aliphatic heterocycles. The maximum atomic E-state index is 12.6. The molecule has 0 atom stereocenters. The number of nitrogen functional groups attached to an aromatic ring is 1. The van der Waals surface area contributed by atoms with Crippen molar-refractivity contribution in [2.45, 2.75) is 33.2 Å². The monoisotopic (exact) mass is 405 g/mol. The summed E-state index contributed by atoms with van der Waals surface area (Å²) in [5.41, 5.74) is 7.12. The smallest absolute Gasteiger partial charge is 0.330 e. The number of benzene rings is 1. The van der Waals surface area contributed by atoms with Gasteiger partial charge in [0, 0.05) is 25.9 Å². The van der Waals surface area contributed by atoms with Gasteiger partial charge in [-0.3, -0.25) is 14.3 Å². The first-order valence-electron chi connectivity index (χ1n) is 9.15. The van der Waals surface area contributed by atoms with Gasteiger partial charge in [0.15, 0.2) is 10.8 Å². The molecule has 0 spiro atoms. The van der Waals surface area contributed by atoms with Gasteiger partial charge in [-0.1, -0.05) is 25.5 Å². The fourth-order valence-electron chi connectivity index (χ4n) is 2.79. The molecule has 1 aromatic heterocycles. The van der Waals surface area contributed by atoms with Gasteiger partial charge in [-0.05, 0) is 43.3 Å². The lowest BCUT2D eigenvalue weighted by Crippen LogP contribution is -2.44. The summed E-state index contributed by atoms with van der Waals surface area (Å²) in [5, 5.41) is 3.42. The van der Waals surface area contributed by atoms with Crippen molar-refractivity contribution < 1.29 is 4.74 Å². The Morgan fingerprint density at radius 1 is 1.39 bits per heavy atom. The molecule has 8 nitrogen and oxygen atoms in total. The van der Waals surface area contributed by atoms with Crippen molar-refractivity contribution in [1.29, 1.82) is 0 Å². The van der Waals surface area contributed by atoms with Crippen LogP contribution in [-0.2, 0) is 11.3 Å². The van der Waals surface area contributed by atoms with Gasteiger partial charge in [-0.25, -0.2) is 4.79 Å². The van der Waals surface area contributed by atoms with Crippen LogP contribution in [0.25, 0.3) is 0 Å². The van der Waals surface area contributed by atoms with E-state index in [-0.39, 0.29) is 11.5 Å². The van der Waals surface area contributed by atoms with E-state index in [1.807, 2.05) is 38.1 Å². The molecule has 2 rings (SSSR count). The molecule has 0 aliphatic carbocycles. The number of nitrogens with one attached hydrogen (secondary N) is 2. The minimum atomic E-state index is -0.584. The van der Waals surface area contributed by atoms with Crippen LogP contribution in [0.5, 0.6) is 0 Å². The van der Waals surface area contributed by atoms with E-state index in [0.717, 1.165) is 24.1 Å². The van der Waals surface area contributed by atoms with Crippen molar-refractivity contribution in [2.24, 2.45) is 0 Å². The highest BCUT2D eigenvalue weighted by Crippen LogP contribution is 2.19. The average molecular weight is 406 g/mol. The number of hydrogen-bond acceptors (Lipinski definition) is 5. The third kappa shape index (κ3) is 5.20. The number of aromatic nitrogens is 2. The normalized spacial score (nSPS) is 10.7. The van der Waals surface area contributed by atoms with Crippen LogP contribution in [0.15, 0.2) is 33.9 Å². The van der Waals surface area contributed by atoms with Gasteiger partial charge < -0.3 is 20.7 Å². The first-order chi connectivity index (χ1) is 13.4. The highest BCUT2D eigenvalue weighted by atomic mass is 32.1. The zero-order valence-corrected chi connectivity index (χ0v) is 17.3. The number of H-pyrrole nitrogens is 1. The fourth-order valence-corrected chi connectivity index (χ4v) is 3.09. The number of nitrogens with two attached hydrogens (primary N) is 1. The number of thiocarbonyl (C=S) groups is 1. The Balaban J connectivity index is 2.45. The van der Waals surface area contributed by atoms with Gasteiger partial charge in [0.25, 0.3) is 5.56 Å². The highest BCUT2D eigenvalue weighted by molar-refractivity contribution is 7.80. The molecular formula is C19H27N5O3S. The number of nitrogens with zero attached hydrogens (tertiary/aromatic N) is 2. The van der Waals surface area contributed by atoms with E-state index in [2.05, 4.69) is 10.3 Å². The predicted molar refractivity (Wildman–Crippen MR) is 117 cm³/mol. The van der Waals surface area contributed by atoms with E-state index in [1.54, 1.807) is 12.0 Å². The van der Waals surface area contributed by atoms with Gasteiger partial charge in [0.2, 0.25) is 0 Å². The lowest BCUT2D eigenvalue weighted by atomic mass is 10.2. The lowest BCUT2D eigenvalue weighted by Gasteiger charge is -2.27. The molecule has 1 aromatic carbocycles. The minimum absolute atomic E-state index is 0.0895. The number of methoxy groups -OCH3 is 1. The number of anilines is 3. The molecule has 0 saturated heterocycles. The zero-order valence-electron chi connectivity index (χ0n) is 16.4. The second-order valence-corrected chi connectivity index (χ2v) is 6.83. The van der Waals surface area contributed by atoms with Crippen molar-refractivity contribution in [3.8, 4) is 0 Å². The number of unbranched alkanes of at least 4 members (excludes halogenated alkanes) is 1. The van der Waals surface area contributed by atoms with Gasteiger partial charge in [0.05, 0.1) is 6.61 Å². The molecule has 28 heavy (non-hydrogen) atoms. The largest absolute Gasteiger partial charge is 0.383 e. The first-order valence-corrected chi connectivity index (χ1v) is 9.56. The maximum Gasteiger partial charge on any atom is 0.330 e. The van der Waals surface area contributed by atoms with E-state index < -0.39 is 11.2 Å². The van der Waals surface area contributed by atoms with Gasteiger partial charge in [0.1, 0.15) is 5.82 Å². The Labute approximate surface area is 169 Å². The molecular weight excluding hydrogens is 378 g/mol. The van der Waals surface area contributed by atoms with Gasteiger partial charge >= 0.3 is 5.69 Å². The van der Waals surface area contributed by atoms with E-state index >= 15 is 0 Å². The van der Waals surface area contributed by atoms with Crippen LogP contribution < -0.4 is 27.2 Å². The van der Waals surface area contributed by atoms with Crippen molar-refractivity contribution in [1.82, 2.24) is 9.55 Å². The van der Waals surface area contributed by atoms with Crippen LogP contribution in [0.3, 0.4) is 0 Å². The summed E-state index contributed by atoms with van der Waals surface area (Å²) in [6.45, 7) is 5.03. The second kappa shape index (κ2) is 10.0. The Morgan fingerprint density at radius 3 is 2.79 bits per heavy atom. The van der Waals surface area contributed by atoms with E-state index in [9.17, 15) is 9.59 Å². The summed E-state index contributed by atoms with van der Waals surface area (Å²) < 4.78 is 6.53. The molecule has 0 saturated carbocycles. The van der Waals surface area contributed by atoms with Gasteiger partial charge in [-0.2, -0.15) is 0 Å². The number of aryl methyl sites for hydroxylation is 1. The van der Waals surface area contributed by atoms with Crippen molar-refractivity contribution in [3.05, 3.63) is 50.7 Å². The standard InChI is InChI=1S/C19H27N5O3S/c1-4-5-9-24-16(20)15(17(25)22-18(24)26)23(10-11-27-3)19(28)21-14-8-6-7-13(2)12-14/h6-8,12H,4-5,9-11,20H2,1-3H3,(H,21,28)(H,22,25,26). The van der Waals surface area contributed by atoms with E-state index in [0.29, 0.717) is 24.8 Å². The first kappa shape index (κ1) is 21.6. The topological polar surface area (TPSA) is 105 Å². The highest BCUT2D eigenvalue weighted by Gasteiger charge is 2.22. The summed E-state index contributed by atoms with van der Waals surface area (Å²) >= 11 is 5.54. The summed E-state index contributed by atoms with van der Waals surface area (Å²) in [6.07, 6.45) is 1.65. The predicted octanol–water partition coefficient (Wildman–Crippen LogP) is 2.08. The van der Waals surface area contributed by atoms with Crippen molar-refractivity contribution in [2.75, 3.05) is 36.2 Å². The molecule has 0 bridgehead atoms. The SMILES string of the molecule is CCCCn1c(N)c(N(CCOC)C(=S)Nc2cccc(C)c2)c(=O)[nH]c1=O. The Morgan fingerprint density at radius 2 is 2.14 bits per heavy atom. The van der Waals surface area contributed by atoms with Crippen LogP contribution >= 0.6 is 12.2 Å². The Bertz CT molecular complexity index is 938. The number of aromatic amines is 1. The summed E-state index contributed by atoms with van der Waals surface area (Å²) in [7, 11) is 1.56. The molecule has 152 valence electrons. The van der Waals surface area contributed by atoms with Crippen LogP contribution in [-0.4, -0.2) is 34.9 Å². The second-order valence-electron chi connectivity index (χ2n) is 6.44. The summed E-state index contributed by atoms with van der Waals surface area (Å²) in [4.78, 5) is 28.7. The molecule has 0 amide bonds. The molecule has 4 N–H and O–H groups in total. The molecule has 9 heteroatoms. The summed E-state index contributed by atoms with van der Waals surface area (Å²) in [6, 6.07) is 7.70. The van der Waals surface area contributed by atoms with Crippen LogP contribution in [0.1, 0.15) is 25.3 Å². The third-order valence-corrected chi connectivity index (χ3v) is 4.58. The minimum Gasteiger partial charge on any atom is -0.383 e. The zero-order chi connectivity index (χ0) is 20.7. The molecule has 0 fully saturated rings. The third-order valence-electron chi connectivity index (χ3n) is 4.25. The van der Waals surface area contributed by atoms with E-state index in [1.165, 1.54) is 4.57 Å². The molecule has 1 heterocycles. The van der Waals surface area contributed by atoms with Gasteiger partial charge in [-0.15, -0.1) is 0 Å². The molecule has 0 aliphatic rings. The number of hydrogen-bond donors (Lipinski definition) is 3. The maximum absolute atomic E-state index is 12.6. The fraction of sp³-hybridized carbons (Fsp3) is 0.421. The molecule has 0 radical (unpaired) electrons. The summed E-state index contributed by atoms with van der Waals surface area (Å²) in [5.74, 6) is 0.0895. The molecule has 0 unspecified atom stereocenters. The van der Waals surface area contributed by atoms with Crippen LogP contribution in [0.2, 0.25) is 0 Å². The number of rotatable bonds is 8. The lowest BCUT2D eigenvalue weighted by molar-refractivity contribution is 0.208.